The van der Waals surface area contributed by atoms with Crippen molar-refractivity contribution in [1.29, 1.82) is 0 Å². The second-order valence-corrected chi connectivity index (χ2v) is 5.14. The molecule has 0 saturated heterocycles. The van der Waals surface area contributed by atoms with Gasteiger partial charge in [0.15, 0.2) is 0 Å². The highest BCUT2D eigenvalue weighted by molar-refractivity contribution is 5.78. The van der Waals surface area contributed by atoms with Crippen molar-refractivity contribution in [3.05, 3.63) is 0 Å². The first kappa shape index (κ1) is 17.6. The summed E-state index contributed by atoms with van der Waals surface area (Å²) < 4.78 is 0. The Morgan fingerprint density at radius 3 is 1.61 bits per heavy atom. The maximum absolute atomic E-state index is 11.7. The molecule has 0 heterocycles. The predicted octanol–water partition coefficient (Wildman–Crippen LogP) is 4.61. The molecule has 0 saturated carbocycles. The molecule has 0 aromatic carbocycles. The van der Waals surface area contributed by atoms with E-state index in [0.717, 1.165) is 25.9 Å². The van der Waals surface area contributed by atoms with E-state index in [1.165, 1.54) is 51.4 Å². The van der Waals surface area contributed by atoms with Crippen LogP contribution in [0.15, 0.2) is 0 Å². The van der Waals surface area contributed by atoms with Gasteiger partial charge in [0.05, 0.1) is 6.42 Å². The summed E-state index contributed by atoms with van der Waals surface area (Å²) >= 11 is 0. The van der Waals surface area contributed by atoms with Gasteiger partial charge in [-0.05, 0) is 20.3 Å². The lowest BCUT2D eigenvalue weighted by atomic mass is 10.1. The molecule has 2 heteroatoms. The van der Waals surface area contributed by atoms with Crippen LogP contribution in [0.5, 0.6) is 0 Å². The van der Waals surface area contributed by atoms with Crippen LogP contribution in [0.25, 0.3) is 0 Å². The van der Waals surface area contributed by atoms with Gasteiger partial charge >= 0.3 is 5.91 Å². The molecule has 0 rings (SSSR count). The number of amides is 1. The highest BCUT2D eigenvalue weighted by Crippen LogP contribution is 2.10. The molecule has 0 atom stereocenters. The zero-order chi connectivity index (χ0) is 13.6. The highest BCUT2D eigenvalue weighted by atomic mass is 16.2. The first-order valence-corrected chi connectivity index (χ1v) is 8.04. The topological polar surface area (TPSA) is 23.0 Å². The lowest BCUT2D eigenvalue weighted by molar-refractivity contribution is -0.125. The molecule has 18 heavy (non-hydrogen) atoms. The second-order valence-electron chi connectivity index (χ2n) is 5.14. The number of rotatable bonds is 12. The molecule has 0 aliphatic rings. The largest absolute Gasteiger partial charge is 0.360 e. The third-order valence-electron chi connectivity index (χ3n) is 3.61. The number of hydrogen-bond acceptors (Lipinski definition) is 1. The zero-order valence-corrected chi connectivity index (χ0v) is 12.8. The monoisotopic (exact) mass is 255 g/mol. The van der Waals surface area contributed by atoms with Gasteiger partial charge in [0, 0.05) is 0 Å². The predicted molar refractivity (Wildman–Crippen MR) is 80.1 cm³/mol. The summed E-state index contributed by atoms with van der Waals surface area (Å²) in [6.45, 7) is 8.07. The minimum absolute atomic E-state index is 0.336. The maximum atomic E-state index is 11.7. The molecule has 2 nitrogen and oxygen atoms in total. The van der Waals surface area contributed by atoms with Crippen molar-refractivity contribution in [3.63, 3.8) is 0 Å². The van der Waals surface area contributed by atoms with Crippen LogP contribution in [0.2, 0.25) is 0 Å². The number of unbranched alkanes of at least 4 members (excludes halogenated alkanes) is 8. The highest BCUT2D eigenvalue weighted by Gasteiger charge is 2.20. The Hall–Kier alpha value is -0.370. The van der Waals surface area contributed by atoms with Crippen molar-refractivity contribution < 1.29 is 4.79 Å². The molecule has 0 aromatic heterocycles. The molecule has 0 aliphatic heterocycles. The van der Waals surface area contributed by atoms with Gasteiger partial charge in [-0.2, -0.15) is 0 Å². The average Bonchev–Trinajstić information content (AvgIpc) is 2.38. The summed E-state index contributed by atoms with van der Waals surface area (Å²) in [5.74, 6) is 0.336. The molecule has 1 radical (unpaired) electrons. The molecular weight excluding hydrogens is 222 g/mol. The Kier molecular flexibility index (Phi) is 12.8. The quantitative estimate of drug-likeness (QED) is 0.369. The number of hydrogen-bond donors (Lipinski definition) is 0. The van der Waals surface area contributed by atoms with Crippen molar-refractivity contribution in [2.45, 2.75) is 85.0 Å². The van der Waals surface area contributed by atoms with Gasteiger partial charge in [0.2, 0.25) is 0 Å². The number of carbonyl (C=O) groups is 1. The maximum Gasteiger partial charge on any atom is 0.360 e. The SMILES string of the molecule is CCCCCCCCCCCC(=O)[N+](CC)CC. The van der Waals surface area contributed by atoms with E-state index in [4.69, 9.17) is 0 Å². The minimum atomic E-state index is 0.336. The van der Waals surface area contributed by atoms with Crippen molar-refractivity contribution >= 4 is 5.91 Å². The third kappa shape index (κ3) is 9.64. The van der Waals surface area contributed by atoms with Crippen LogP contribution < -0.4 is 4.90 Å². The fourth-order valence-electron chi connectivity index (χ4n) is 2.32. The summed E-state index contributed by atoms with van der Waals surface area (Å²) in [5, 5.41) is 0. The summed E-state index contributed by atoms with van der Waals surface area (Å²) in [6.07, 6.45) is 12.6. The first-order chi connectivity index (χ1) is 8.76. The standard InChI is InChI=1S/C16H33NO/c1-4-7-8-9-10-11-12-13-14-15-16(18)17(5-2)6-3/h4-15H2,1-3H3/q+1. The van der Waals surface area contributed by atoms with Gasteiger partial charge in [-0.3, -0.25) is 0 Å². The number of carbonyl (C=O) groups excluding carboxylic acids is 1. The Bertz CT molecular complexity index is 188. The van der Waals surface area contributed by atoms with E-state index < -0.39 is 0 Å². The van der Waals surface area contributed by atoms with Gasteiger partial charge in [-0.25, -0.2) is 4.79 Å². The van der Waals surface area contributed by atoms with E-state index in [9.17, 15) is 4.79 Å². The van der Waals surface area contributed by atoms with Crippen molar-refractivity contribution in [2.24, 2.45) is 0 Å². The Labute approximate surface area is 114 Å². The van der Waals surface area contributed by atoms with Crippen molar-refractivity contribution in [1.82, 2.24) is 4.90 Å². The average molecular weight is 255 g/mol. The van der Waals surface area contributed by atoms with Gasteiger partial charge < -0.3 is 0 Å². The zero-order valence-electron chi connectivity index (χ0n) is 12.8. The molecule has 0 spiro atoms. The molecule has 0 bridgehead atoms. The van der Waals surface area contributed by atoms with Crippen LogP contribution in [0, 0.1) is 0 Å². The second kappa shape index (κ2) is 13.1. The van der Waals surface area contributed by atoms with E-state index in [0.29, 0.717) is 5.91 Å². The van der Waals surface area contributed by atoms with Crippen LogP contribution in [0.3, 0.4) is 0 Å². The summed E-state index contributed by atoms with van der Waals surface area (Å²) in [7, 11) is 0. The van der Waals surface area contributed by atoms with Crippen LogP contribution >= 0.6 is 0 Å². The molecular formula is C16H33NO+. The third-order valence-corrected chi connectivity index (χ3v) is 3.61. The van der Waals surface area contributed by atoms with Crippen LogP contribution in [0.1, 0.15) is 85.0 Å². The van der Waals surface area contributed by atoms with E-state index in [1.54, 1.807) is 0 Å². The van der Waals surface area contributed by atoms with Crippen LogP contribution in [0.4, 0.5) is 0 Å². The lowest BCUT2D eigenvalue weighted by Crippen LogP contribution is -2.36. The van der Waals surface area contributed by atoms with Gasteiger partial charge in [-0.1, -0.05) is 58.3 Å². The van der Waals surface area contributed by atoms with Crippen LogP contribution in [-0.2, 0) is 4.79 Å². The summed E-state index contributed by atoms with van der Waals surface area (Å²) in [5.41, 5.74) is 0. The van der Waals surface area contributed by atoms with E-state index >= 15 is 0 Å². The summed E-state index contributed by atoms with van der Waals surface area (Å²) in [6, 6.07) is 0. The fraction of sp³-hybridized carbons (Fsp3) is 0.938. The lowest BCUT2D eigenvalue weighted by Gasteiger charge is -2.05. The smallest absolute Gasteiger partial charge is 0.225 e. The van der Waals surface area contributed by atoms with Crippen molar-refractivity contribution in [2.75, 3.05) is 13.1 Å². The minimum Gasteiger partial charge on any atom is -0.225 e. The van der Waals surface area contributed by atoms with E-state index in [1.807, 2.05) is 4.90 Å². The molecule has 0 unspecified atom stereocenters. The number of nitrogens with zero attached hydrogens (tertiary/aromatic N) is 1. The molecule has 0 aromatic rings. The van der Waals surface area contributed by atoms with E-state index in [-0.39, 0.29) is 0 Å². The Balaban J connectivity index is 3.27. The molecule has 0 aliphatic carbocycles. The van der Waals surface area contributed by atoms with Gasteiger partial charge in [0.1, 0.15) is 13.1 Å². The molecule has 0 fully saturated rings. The van der Waals surface area contributed by atoms with E-state index in [2.05, 4.69) is 20.8 Å². The molecule has 0 N–H and O–H groups in total. The molecule has 1 amide bonds. The van der Waals surface area contributed by atoms with Gasteiger partial charge in [0.25, 0.3) is 0 Å². The summed E-state index contributed by atoms with van der Waals surface area (Å²) in [4.78, 5) is 13.7. The fourth-order valence-corrected chi connectivity index (χ4v) is 2.32. The normalized spacial score (nSPS) is 11.1. The molecule has 107 valence electrons. The van der Waals surface area contributed by atoms with Crippen molar-refractivity contribution in [3.8, 4) is 0 Å². The Morgan fingerprint density at radius 2 is 1.17 bits per heavy atom. The van der Waals surface area contributed by atoms with Crippen LogP contribution in [-0.4, -0.2) is 19.0 Å². The Morgan fingerprint density at radius 1 is 0.722 bits per heavy atom. The first-order valence-electron chi connectivity index (χ1n) is 8.04. The van der Waals surface area contributed by atoms with Gasteiger partial charge in [-0.15, -0.1) is 4.90 Å².